The van der Waals surface area contributed by atoms with Crippen molar-refractivity contribution in [2.75, 3.05) is 5.32 Å². The highest BCUT2D eigenvalue weighted by molar-refractivity contribution is 5.91. The number of fused-ring (bicyclic) bond motifs is 1. The lowest BCUT2D eigenvalue weighted by molar-refractivity contribution is -0.117. The molecule has 1 N–H and O–H groups in total. The topological polar surface area (TPSA) is 64.7 Å². The monoisotopic (exact) mass is 269 g/mol. The normalized spacial score (nSPS) is 10.9. The van der Waals surface area contributed by atoms with Gasteiger partial charge in [0.25, 0.3) is 0 Å². The van der Waals surface area contributed by atoms with E-state index in [2.05, 4.69) is 15.4 Å². The third-order valence-corrected chi connectivity index (χ3v) is 3.12. The molecule has 3 rings (SSSR count). The zero-order chi connectivity index (χ0) is 14.1. The smallest absolute Gasteiger partial charge is 0.248 e. The molecule has 20 heavy (non-hydrogen) atoms. The molecule has 0 atom stereocenters. The average Bonchev–Trinajstić information content (AvgIpc) is 2.95. The van der Waals surface area contributed by atoms with Crippen molar-refractivity contribution in [2.24, 2.45) is 7.05 Å². The maximum atomic E-state index is 12.0. The molecule has 2 heterocycles. The van der Waals surface area contributed by atoms with Crippen LogP contribution in [0.5, 0.6) is 0 Å². The van der Waals surface area contributed by atoms with Crippen LogP contribution in [0.3, 0.4) is 0 Å². The average molecular weight is 269 g/mol. The SMILES string of the molecule is Cc1ccn(CC(=O)Nc2nc3ccccc3n2C)n1. The molecule has 0 saturated heterocycles. The molecule has 0 aliphatic heterocycles. The summed E-state index contributed by atoms with van der Waals surface area (Å²) in [4.78, 5) is 16.4. The molecule has 0 saturated carbocycles. The molecule has 0 aliphatic rings. The van der Waals surface area contributed by atoms with Crippen LogP contribution in [0.15, 0.2) is 36.5 Å². The van der Waals surface area contributed by atoms with Crippen LogP contribution < -0.4 is 5.32 Å². The summed E-state index contributed by atoms with van der Waals surface area (Å²) in [5.74, 6) is 0.395. The van der Waals surface area contributed by atoms with E-state index in [0.29, 0.717) is 5.95 Å². The number of imidazole rings is 1. The summed E-state index contributed by atoms with van der Waals surface area (Å²) in [6.07, 6.45) is 1.78. The van der Waals surface area contributed by atoms with Crippen LogP contribution in [0.1, 0.15) is 5.69 Å². The Balaban J connectivity index is 1.79. The van der Waals surface area contributed by atoms with Gasteiger partial charge in [-0.15, -0.1) is 0 Å². The van der Waals surface area contributed by atoms with Gasteiger partial charge in [0.2, 0.25) is 11.9 Å². The van der Waals surface area contributed by atoms with E-state index in [9.17, 15) is 4.79 Å². The minimum Gasteiger partial charge on any atom is -0.313 e. The van der Waals surface area contributed by atoms with Crippen molar-refractivity contribution < 1.29 is 4.79 Å². The molecule has 1 amide bonds. The molecule has 6 heteroatoms. The fraction of sp³-hybridized carbons (Fsp3) is 0.214. The van der Waals surface area contributed by atoms with Crippen LogP contribution >= 0.6 is 0 Å². The molecular formula is C14H15N5O. The second-order valence-corrected chi connectivity index (χ2v) is 4.69. The first-order chi connectivity index (χ1) is 9.63. The number of amides is 1. The van der Waals surface area contributed by atoms with Gasteiger partial charge in [0.1, 0.15) is 6.54 Å². The number of para-hydroxylation sites is 2. The van der Waals surface area contributed by atoms with Gasteiger partial charge in [-0.3, -0.25) is 14.8 Å². The number of aromatic nitrogens is 4. The Morgan fingerprint density at radius 1 is 1.30 bits per heavy atom. The summed E-state index contributed by atoms with van der Waals surface area (Å²) >= 11 is 0. The maximum Gasteiger partial charge on any atom is 0.248 e. The zero-order valence-electron chi connectivity index (χ0n) is 11.4. The van der Waals surface area contributed by atoms with Crippen LogP contribution in [-0.4, -0.2) is 25.2 Å². The predicted molar refractivity (Wildman–Crippen MR) is 76.3 cm³/mol. The van der Waals surface area contributed by atoms with E-state index in [0.717, 1.165) is 16.7 Å². The number of nitrogens with one attached hydrogen (secondary N) is 1. The van der Waals surface area contributed by atoms with Crippen molar-refractivity contribution in [3.63, 3.8) is 0 Å². The number of hydrogen-bond donors (Lipinski definition) is 1. The lowest BCUT2D eigenvalue weighted by Gasteiger charge is -2.05. The van der Waals surface area contributed by atoms with Gasteiger partial charge in [-0.2, -0.15) is 5.10 Å². The van der Waals surface area contributed by atoms with Gasteiger partial charge in [0, 0.05) is 13.2 Å². The van der Waals surface area contributed by atoms with Crippen LogP contribution in [0, 0.1) is 6.92 Å². The first kappa shape index (κ1) is 12.4. The standard InChI is InChI=1S/C14H15N5O/c1-10-7-8-19(17-10)9-13(20)16-14-15-11-5-3-4-6-12(11)18(14)2/h3-8H,9H2,1-2H3,(H,15,16,20). The number of carbonyl (C=O) groups is 1. The Hall–Kier alpha value is -2.63. The van der Waals surface area contributed by atoms with Gasteiger partial charge in [-0.05, 0) is 25.1 Å². The summed E-state index contributed by atoms with van der Waals surface area (Å²) in [5, 5.41) is 7.00. The van der Waals surface area contributed by atoms with Crippen LogP contribution in [0.2, 0.25) is 0 Å². The van der Waals surface area contributed by atoms with Crippen LogP contribution in [-0.2, 0) is 18.4 Å². The molecule has 0 aliphatic carbocycles. The van der Waals surface area contributed by atoms with Crippen LogP contribution in [0.4, 0.5) is 5.95 Å². The first-order valence-electron chi connectivity index (χ1n) is 6.35. The van der Waals surface area contributed by atoms with E-state index in [1.807, 2.05) is 48.9 Å². The quantitative estimate of drug-likeness (QED) is 0.787. The third-order valence-electron chi connectivity index (χ3n) is 3.12. The Labute approximate surface area is 116 Å². The number of rotatable bonds is 3. The van der Waals surface area contributed by atoms with Gasteiger partial charge in [-0.1, -0.05) is 12.1 Å². The first-order valence-corrected chi connectivity index (χ1v) is 6.35. The molecule has 0 spiro atoms. The van der Waals surface area contributed by atoms with Gasteiger partial charge >= 0.3 is 0 Å². The molecule has 3 aromatic rings. The van der Waals surface area contributed by atoms with Gasteiger partial charge in [-0.25, -0.2) is 4.98 Å². The lowest BCUT2D eigenvalue weighted by atomic mass is 10.3. The highest BCUT2D eigenvalue weighted by atomic mass is 16.2. The summed E-state index contributed by atoms with van der Waals surface area (Å²) in [5.41, 5.74) is 2.73. The minimum absolute atomic E-state index is 0.147. The zero-order valence-corrected chi connectivity index (χ0v) is 11.4. The number of aryl methyl sites for hydroxylation is 2. The minimum atomic E-state index is -0.147. The molecule has 2 aromatic heterocycles. The molecular weight excluding hydrogens is 254 g/mol. The Morgan fingerprint density at radius 3 is 2.80 bits per heavy atom. The molecule has 1 aromatic carbocycles. The Morgan fingerprint density at radius 2 is 2.10 bits per heavy atom. The fourth-order valence-electron chi connectivity index (χ4n) is 2.12. The van der Waals surface area contributed by atoms with Crippen molar-refractivity contribution in [1.82, 2.24) is 19.3 Å². The molecule has 0 radical (unpaired) electrons. The molecule has 0 bridgehead atoms. The Bertz CT molecular complexity index is 771. The van der Waals surface area contributed by atoms with Crippen molar-refractivity contribution in [2.45, 2.75) is 13.5 Å². The number of nitrogens with zero attached hydrogens (tertiary/aromatic N) is 4. The van der Waals surface area contributed by atoms with Gasteiger partial charge in [0.15, 0.2) is 0 Å². The van der Waals surface area contributed by atoms with E-state index in [1.54, 1.807) is 10.9 Å². The Kier molecular flexibility index (Phi) is 2.98. The van der Waals surface area contributed by atoms with Gasteiger partial charge in [0.05, 0.1) is 16.7 Å². The number of hydrogen-bond acceptors (Lipinski definition) is 3. The summed E-state index contributed by atoms with van der Waals surface area (Å²) in [6.45, 7) is 2.07. The van der Waals surface area contributed by atoms with Crippen LogP contribution in [0.25, 0.3) is 11.0 Å². The molecule has 0 fully saturated rings. The maximum absolute atomic E-state index is 12.0. The van der Waals surface area contributed by atoms with Crippen molar-refractivity contribution in [3.8, 4) is 0 Å². The second-order valence-electron chi connectivity index (χ2n) is 4.69. The lowest BCUT2D eigenvalue weighted by Crippen LogP contribution is -2.21. The molecule has 6 nitrogen and oxygen atoms in total. The van der Waals surface area contributed by atoms with E-state index in [1.165, 1.54) is 0 Å². The number of carbonyl (C=O) groups excluding carboxylic acids is 1. The fourth-order valence-corrected chi connectivity index (χ4v) is 2.12. The van der Waals surface area contributed by atoms with E-state index in [-0.39, 0.29) is 12.5 Å². The van der Waals surface area contributed by atoms with E-state index >= 15 is 0 Å². The van der Waals surface area contributed by atoms with E-state index in [4.69, 9.17) is 0 Å². The molecule has 0 unspecified atom stereocenters. The number of anilines is 1. The van der Waals surface area contributed by atoms with Crippen molar-refractivity contribution in [1.29, 1.82) is 0 Å². The summed E-state index contributed by atoms with van der Waals surface area (Å²) in [6, 6.07) is 9.62. The third kappa shape index (κ3) is 2.27. The van der Waals surface area contributed by atoms with Gasteiger partial charge < -0.3 is 4.57 Å². The highest BCUT2D eigenvalue weighted by Gasteiger charge is 2.11. The number of benzene rings is 1. The highest BCUT2D eigenvalue weighted by Crippen LogP contribution is 2.17. The largest absolute Gasteiger partial charge is 0.313 e. The van der Waals surface area contributed by atoms with Crippen molar-refractivity contribution >= 4 is 22.9 Å². The summed E-state index contributed by atoms with van der Waals surface area (Å²) in [7, 11) is 1.88. The second kappa shape index (κ2) is 4.80. The van der Waals surface area contributed by atoms with E-state index < -0.39 is 0 Å². The predicted octanol–water partition coefficient (Wildman–Crippen LogP) is 1.72. The van der Waals surface area contributed by atoms with Crippen molar-refractivity contribution in [3.05, 3.63) is 42.2 Å². The summed E-state index contributed by atoms with van der Waals surface area (Å²) < 4.78 is 3.47. The molecule has 102 valence electrons.